The number of hydrogen-bond donors (Lipinski definition) is 3. The minimum absolute atomic E-state index is 0.0241. The summed E-state index contributed by atoms with van der Waals surface area (Å²) in [6.07, 6.45) is 7.08. The molecule has 1 aromatic heterocycles. The average Bonchev–Trinajstić information content (AvgIpc) is 3.77. The summed E-state index contributed by atoms with van der Waals surface area (Å²) in [7, 11) is 0. The van der Waals surface area contributed by atoms with Gasteiger partial charge < -0.3 is 25.8 Å². The molecule has 4 N–H and O–H groups in total. The smallest absolute Gasteiger partial charge is 0.253 e. The highest BCUT2D eigenvalue weighted by Crippen LogP contribution is 2.33. The Bertz CT molecular complexity index is 1620. The van der Waals surface area contributed by atoms with Crippen molar-refractivity contribution in [1.82, 2.24) is 19.8 Å². The summed E-state index contributed by atoms with van der Waals surface area (Å²) in [4.78, 5) is 46.9. The number of imidazole rings is 1. The van der Waals surface area contributed by atoms with E-state index in [-0.39, 0.29) is 5.91 Å². The molecule has 0 saturated carbocycles. The molecule has 1 aliphatic rings. The molecule has 0 spiro atoms. The summed E-state index contributed by atoms with van der Waals surface area (Å²) in [5, 5.41) is 5.71. The number of anilines is 1. The maximum Gasteiger partial charge on any atom is 0.253 e. The van der Waals surface area contributed by atoms with Crippen molar-refractivity contribution in [2.24, 2.45) is 5.73 Å². The van der Waals surface area contributed by atoms with Crippen molar-refractivity contribution in [2.75, 3.05) is 18.4 Å². The Morgan fingerprint density at radius 3 is 2.11 bits per heavy atom. The van der Waals surface area contributed by atoms with Crippen LogP contribution in [-0.2, 0) is 26.3 Å². The van der Waals surface area contributed by atoms with Gasteiger partial charge in [0.05, 0.1) is 11.9 Å². The van der Waals surface area contributed by atoms with Crippen LogP contribution >= 0.6 is 0 Å². The van der Waals surface area contributed by atoms with Crippen LogP contribution in [0.4, 0.5) is 5.82 Å². The Labute approximate surface area is 271 Å². The number of nitrogens with one attached hydrogen (secondary N) is 2. The lowest BCUT2D eigenvalue weighted by molar-refractivity contribution is -0.137. The Kier molecular flexibility index (Phi) is 10.0. The first-order chi connectivity index (χ1) is 22.1. The van der Waals surface area contributed by atoms with Gasteiger partial charge in [0.1, 0.15) is 11.6 Å². The Hall–Kier alpha value is -4.76. The number of likely N-dealkylation sites (tertiary alicyclic amines) is 1. The summed E-state index contributed by atoms with van der Waals surface area (Å²) in [5.74, 6) is -0.541. The highest BCUT2D eigenvalue weighted by atomic mass is 16.2. The van der Waals surface area contributed by atoms with E-state index < -0.39 is 28.9 Å². The van der Waals surface area contributed by atoms with Crippen molar-refractivity contribution in [1.29, 1.82) is 0 Å². The zero-order valence-electron chi connectivity index (χ0n) is 26.9. The van der Waals surface area contributed by atoms with Crippen LogP contribution in [-0.4, -0.2) is 56.8 Å². The number of aromatic nitrogens is 2. The van der Waals surface area contributed by atoms with Crippen LogP contribution in [0, 0.1) is 0 Å². The molecule has 9 heteroatoms. The highest BCUT2D eigenvalue weighted by Gasteiger charge is 2.41. The second-order valence-electron chi connectivity index (χ2n) is 12.8. The fourth-order valence-electron chi connectivity index (χ4n) is 5.84. The van der Waals surface area contributed by atoms with Crippen LogP contribution in [0.1, 0.15) is 57.6 Å². The number of hydrogen-bond acceptors (Lipinski definition) is 5. The first kappa shape index (κ1) is 32.6. The normalized spacial score (nSPS) is 15.2. The standard InChI is InChI=1S/C37H44N6O3/c1-36(2,38)34(45)40-31(18-12-15-27-13-6-4-7-14-27)33(44)41-32-25-43(26-39-32)37(3,35(46)42-23-10-11-24-42)30-21-19-29(20-22-30)28-16-8-5-9-17-28/h4-9,13-14,16-17,19-22,25-26,31H,10-12,15,18,23-24,38H2,1-3H3,(H,40,45)(H,41,44). The number of amides is 3. The van der Waals surface area contributed by atoms with Crippen molar-refractivity contribution in [3.8, 4) is 11.1 Å². The van der Waals surface area contributed by atoms with Crippen molar-refractivity contribution in [3.05, 3.63) is 109 Å². The van der Waals surface area contributed by atoms with E-state index in [9.17, 15) is 14.4 Å². The average molecular weight is 621 g/mol. The molecule has 1 aliphatic heterocycles. The maximum absolute atomic E-state index is 14.1. The quantitative estimate of drug-likeness (QED) is 0.203. The van der Waals surface area contributed by atoms with Gasteiger partial charge in [-0.2, -0.15) is 0 Å². The molecule has 240 valence electrons. The van der Waals surface area contributed by atoms with E-state index in [2.05, 4.69) is 27.8 Å². The van der Waals surface area contributed by atoms with Gasteiger partial charge in [0.15, 0.2) is 5.82 Å². The summed E-state index contributed by atoms with van der Waals surface area (Å²) in [6, 6.07) is 27.3. The molecule has 0 aliphatic carbocycles. The zero-order valence-corrected chi connectivity index (χ0v) is 26.9. The minimum Gasteiger partial charge on any atom is -0.343 e. The number of benzene rings is 3. The molecule has 2 heterocycles. The molecule has 46 heavy (non-hydrogen) atoms. The molecule has 2 atom stereocenters. The Morgan fingerprint density at radius 2 is 1.48 bits per heavy atom. The van der Waals surface area contributed by atoms with Gasteiger partial charge in [-0.05, 0) is 75.1 Å². The molecule has 0 radical (unpaired) electrons. The topological polar surface area (TPSA) is 122 Å². The highest BCUT2D eigenvalue weighted by molar-refractivity contribution is 5.98. The summed E-state index contributed by atoms with van der Waals surface area (Å²) in [5.41, 5.74) is 7.92. The number of carbonyl (C=O) groups is 3. The minimum atomic E-state index is -1.15. The van der Waals surface area contributed by atoms with Gasteiger partial charge in [-0.1, -0.05) is 84.9 Å². The maximum atomic E-state index is 14.1. The van der Waals surface area contributed by atoms with E-state index in [0.717, 1.165) is 41.5 Å². The van der Waals surface area contributed by atoms with Crippen LogP contribution in [0.15, 0.2) is 97.5 Å². The van der Waals surface area contributed by atoms with E-state index in [1.165, 1.54) is 0 Å². The Balaban J connectivity index is 1.38. The van der Waals surface area contributed by atoms with Gasteiger partial charge in [-0.25, -0.2) is 4.98 Å². The lowest BCUT2D eigenvalue weighted by atomic mass is 9.88. The van der Waals surface area contributed by atoms with Gasteiger partial charge in [0, 0.05) is 19.3 Å². The number of nitrogens with two attached hydrogens (primary N) is 1. The third-order valence-corrected chi connectivity index (χ3v) is 8.72. The van der Waals surface area contributed by atoms with Crippen LogP contribution in [0.3, 0.4) is 0 Å². The van der Waals surface area contributed by atoms with E-state index in [1.807, 2.05) is 84.6 Å². The fraction of sp³-hybridized carbons (Fsp3) is 0.351. The molecule has 0 bridgehead atoms. The SMILES string of the molecule is CC(C)(N)C(=O)NC(CCCc1ccccc1)C(=O)Nc1cn(C(C)(C(=O)N2CCCC2)c2ccc(-c3ccccc3)cc2)cn1. The monoisotopic (exact) mass is 620 g/mol. The van der Waals surface area contributed by atoms with E-state index in [4.69, 9.17) is 5.73 Å². The lowest BCUT2D eigenvalue weighted by Gasteiger charge is -2.34. The molecule has 1 saturated heterocycles. The van der Waals surface area contributed by atoms with Crippen LogP contribution in [0.2, 0.25) is 0 Å². The molecule has 3 aromatic carbocycles. The van der Waals surface area contributed by atoms with Crippen molar-refractivity contribution in [3.63, 3.8) is 0 Å². The summed E-state index contributed by atoms with van der Waals surface area (Å²) < 4.78 is 1.77. The molecule has 5 rings (SSSR count). The van der Waals surface area contributed by atoms with Gasteiger partial charge in [-0.15, -0.1) is 0 Å². The van der Waals surface area contributed by atoms with Crippen molar-refractivity contribution < 1.29 is 14.4 Å². The second kappa shape index (κ2) is 14.1. The lowest BCUT2D eigenvalue weighted by Crippen LogP contribution is -2.54. The van der Waals surface area contributed by atoms with Crippen molar-refractivity contribution in [2.45, 2.75) is 70.0 Å². The predicted molar refractivity (Wildman–Crippen MR) is 181 cm³/mol. The van der Waals surface area contributed by atoms with Crippen LogP contribution in [0.25, 0.3) is 11.1 Å². The van der Waals surface area contributed by atoms with Crippen molar-refractivity contribution >= 4 is 23.5 Å². The number of rotatable bonds is 12. The molecule has 4 aromatic rings. The third-order valence-electron chi connectivity index (χ3n) is 8.72. The first-order valence-electron chi connectivity index (χ1n) is 16.0. The third kappa shape index (κ3) is 7.54. The summed E-state index contributed by atoms with van der Waals surface area (Å²) in [6.45, 7) is 6.52. The fourth-order valence-corrected chi connectivity index (χ4v) is 5.84. The van der Waals surface area contributed by atoms with Crippen LogP contribution in [0.5, 0.6) is 0 Å². The summed E-state index contributed by atoms with van der Waals surface area (Å²) >= 11 is 0. The number of nitrogens with zero attached hydrogens (tertiary/aromatic N) is 3. The van der Waals surface area contributed by atoms with Crippen LogP contribution < -0.4 is 16.4 Å². The van der Waals surface area contributed by atoms with E-state index in [0.29, 0.717) is 31.7 Å². The van der Waals surface area contributed by atoms with Gasteiger partial charge >= 0.3 is 0 Å². The molecule has 1 fully saturated rings. The van der Waals surface area contributed by atoms with Gasteiger partial charge in [0.25, 0.3) is 5.91 Å². The number of carbonyl (C=O) groups excluding carboxylic acids is 3. The Morgan fingerprint density at radius 1 is 0.870 bits per heavy atom. The zero-order chi connectivity index (χ0) is 32.7. The molecular formula is C37H44N6O3. The first-order valence-corrected chi connectivity index (χ1v) is 16.0. The largest absolute Gasteiger partial charge is 0.343 e. The molecule has 3 amide bonds. The number of aryl methyl sites for hydroxylation is 1. The predicted octanol–water partition coefficient (Wildman–Crippen LogP) is 5.12. The van der Waals surface area contributed by atoms with E-state index in [1.54, 1.807) is 30.9 Å². The molecule has 9 nitrogen and oxygen atoms in total. The van der Waals surface area contributed by atoms with Gasteiger partial charge in [-0.3, -0.25) is 14.4 Å². The van der Waals surface area contributed by atoms with E-state index >= 15 is 0 Å². The second-order valence-corrected chi connectivity index (χ2v) is 12.8. The van der Waals surface area contributed by atoms with Gasteiger partial charge in [0.2, 0.25) is 11.8 Å². The molecular weight excluding hydrogens is 576 g/mol. The molecule has 2 unspecified atom stereocenters.